The van der Waals surface area contributed by atoms with Gasteiger partial charge in [0, 0.05) is 18.6 Å². The van der Waals surface area contributed by atoms with E-state index in [2.05, 4.69) is 36.2 Å². The van der Waals surface area contributed by atoms with Gasteiger partial charge < -0.3 is 5.32 Å². The molecule has 0 aliphatic carbocycles. The van der Waals surface area contributed by atoms with Gasteiger partial charge >= 0.3 is 0 Å². The van der Waals surface area contributed by atoms with E-state index in [4.69, 9.17) is 0 Å². The third-order valence-corrected chi connectivity index (χ3v) is 2.56. The second-order valence-corrected chi connectivity index (χ2v) is 4.26. The Kier molecular flexibility index (Phi) is 3.46. The molecule has 0 amide bonds. The Labute approximate surface area is 102 Å². The van der Waals surface area contributed by atoms with Crippen molar-refractivity contribution in [2.45, 2.75) is 13.5 Å². The van der Waals surface area contributed by atoms with Crippen molar-refractivity contribution in [3.05, 3.63) is 46.5 Å². The predicted molar refractivity (Wildman–Crippen MR) is 66.0 cm³/mol. The van der Waals surface area contributed by atoms with Crippen LogP contribution in [0.15, 0.2) is 35.2 Å². The summed E-state index contributed by atoms with van der Waals surface area (Å²) in [6.45, 7) is 2.67. The molecule has 16 heavy (non-hydrogen) atoms. The number of nitrogens with zero attached hydrogens (tertiary/aromatic N) is 3. The molecule has 2 aromatic rings. The number of aryl methyl sites for hydroxylation is 1. The van der Waals surface area contributed by atoms with E-state index >= 15 is 0 Å². The Balaban J connectivity index is 2.02. The summed E-state index contributed by atoms with van der Waals surface area (Å²) >= 11 is 3.29. The standard InChI is InChI=1S/C11H11BrN4/c1-8-3-2-4-13-10(8)7-16-11-14-5-9(12)6-15-11/h2-6H,7H2,1H3,(H,14,15,16). The smallest absolute Gasteiger partial charge is 0.222 e. The summed E-state index contributed by atoms with van der Waals surface area (Å²) in [5.41, 5.74) is 2.17. The monoisotopic (exact) mass is 278 g/mol. The van der Waals surface area contributed by atoms with E-state index in [0.29, 0.717) is 12.5 Å². The van der Waals surface area contributed by atoms with Crippen LogP contribution in [0.2, 0.25) is 0 Å². The van der Waals surface area contributed by atoms with Gasteiger partial charge in [-0.15, -0.1) is 0 Å². The van der Waals surface area contributed by atoms with E-state index in [1.165, 1.54) is 0 Å². The molecule has 0 unspecified atom stereocenters. The lowest BCUT2D eigenvalue weighted by Crippen LogP contribution is -2.06. The number of aromatic nitrogens is 3. The highest BCUT2D eigenvalue weighted by molar-refractivity contribution is 9.10. The van der Waals surface area contributed by atoms with Gasteiger partial charge in [0.1, 0.15) is 0 Å². The van der Waals surface area contributed by atoms with Crippen LogP contribution in [0.3, 0.4) is 0 Å². The van der Waals surface area contributed by atoms with E-state index in [-0.39, 0.29) is 0 Å². The minimum Gasteiger partial charge on any atom is -0.349 e. The molecule has 2 aromatic heterocycles. The number of nitrogens with one attached hydrogen (secondary N) is 1. The van der Waals surface area contributed by atoms with Crippen LogP contribution in [0.1, 0.15) is 11.3 Å². The van der Waals surface area contributed by atoms with Gasteiger partial charge in [-0.2, -0.15) is 0 Å². The van der Waals surface area contributed by atoms with Gasteiger partial charge in [0.2, 0.25) is 5.95 Å². The van der Waals surface area contributed by atoms with Gasteiger partial charge in [0.25, 0.3) is 0 Å². The third kappa shape index (κ3) is 2.76. The van der Waals surface area contributed by atoms with Crippen LogP contribution in [-0.2, 0) is 6.54 Å². The third-order valence-electron chi connectivity index (χ3n) is 2.15. The zero-order valence-electron chi connectivity index (χ0n) is 8.81. The highest BCUT2D eigenvalue weighted by Gasteiger charge is 2.00. The molecule has 2 heterocycles. The Morgan fingerprint density at radius 3 is 2.69 bits per heavy atom. The second kappa shape index (κ2) is 5.03. The molecule has 0 saturated heterocycles. The van der Waals surface area contributed by atoms with E-state index in [9.17, 15) is 0 Å². The maximum atomic E-state index is 4.28. The quantitative estimate of drug-likeness (QED) is 0.938. The summed E-state index contributed by atoms with van der Waals surface area (Å²) in [5, 5.41) is 3.12. The molecule has 1 N–H and O–H groups in total. The number of pyridine rings is 1. The number of halogens is 1. The fourth-order valence-electron chi connectivity index (χ4n) is 1.27. The molecule has 4 nitrogen and oxygen atoms in total. The molecule has 0 aromatic carbocycles. The predicted octanol–water partition coefficient (Wildman–Crippen LogP) is 2.55. The van der Waals surface area contributed by atoms with Crippen LogP contribution in [0.5, 0.6) is 0 Å². The first kappa shape index (κ1) is 11.0. The SMILES string of the molecule is Cc1cccnc1CNc1ncc(Br)cn1. The molecule has 0 bridgehead atoms. The van der Waals surface area contributed by atoms with Crippen LogP contribution in [0, 0.1) is 6.92 Å². The Bertz CT molecular complexity index is 470. The lowest BCUT2D eigenvalue weighted by Gasteiger charge is -2.05. The summed E-state index contributed by atoms with van der Waals surface area (Å²) < 4.78 is 0.868. The molecule has 0 spiro atoms. The molecule has 0 atom stereocenters. The Hall–Kier alpha value is -1.49. The molecular weight excluding hydrogens is 268 g/mol. The molecular formula is C11H11BrN4. The first-order chi connectivity index (χ1) is 7.75. The summed E-state index contributed by atoms with van der Waals surface area (Å²) in [6.07, 6.45) is 5.20. The van der Waals surface area contributed by atoms with Crippen molar-refractivity contribution < 1.29 is 0 Å². The van der Waals surface area contributed by atoms with E-state index < -0.39 is 0 Å². The van der Waals surface area contributed by atoms with E-state index in [1.54, 1.807) is 18.6 Å². The first-order valence-electron chi connectivity index (χ1n) is 4.87. The van der Waals surface area contributed by atoms with Gasteiger partial charge in [-0.05, 0) is 34.5 Å². The maximum Gasteiger partial charge on any atom is 0.222 e. The summed E-state index contributed by atoms with van der Waals surface area (Å²) in [4.78, 5) is 12.5. The number of hydrogen-bond acceptors (Lipinski definition) is 4. The van der Waals surface area contributed by atoms with Crippen molar-refractivity contribution in [1.29, 1.82) is 0 Å². The van der Waals surface area contributed by atoms with Crippen molar-refractivity contribution in [2.24, 2.45) is 0 Å². The van der Waals surface area contributed by atoms with Crippen LogP contribution in [-0.4, -0.2) is 15.0 Å². The van der Waals surface area contributed by atoms with Crippen molar-refractivity contribution >= 4 is 21.9 Å². The summed E-state index contributed by atoms with van der Waals surface area (Å²) in [5.74, 6) is 0.605. The van der Waals surface area contributed by atoms with Crippen molar-refractivity contribution in [2.75, 3.05) is 5.32 Å². The average Bonchev–Trinajstić information content (AvgIpc) is 2.30. The van der Waals surface area contributed by atoms with Crippen molar-refractivity contribution in [1.82, 2.24) is 15.0 Å². The average molecular weight is 279 g/mol. The molecule has 5 heteroatoms. The fourth-order valence-corrected chi connectivity index (χ4v) is 1.47. The van der Waals surface area contributed by atoms with Crippen LogP contribution in [0.4, 0.5) is 5.95 Å². The normalized spacial score (nSPS) is 10.1. The zero-order chi connectivity index (χ0) is 11.4. The molecule has 0 fully saturated rings. The number of hydrogen-bond donors (Lipinski definition) is 1. The molecule has 82 valence electrons. The molecule has 0 saturated carbocycles. The van der Waals surface area contributed by atoms with E-state index in [0.717, 1.165) is 15.7 Å². The highest BCUT2D eigenvalue weighted by atomic mass is 79.9. The van der Waals surface area contributed by atoms with Gasteiger partial charge in [0.15, 0.2) is 0 Å². The largest absolute Gasteiger partial charge is 0.349 e. The van der Waals surface area contributed by atoms with Crippen LogP contribution in [0.25, 0.3) is 0 Å². The Morgan fingerprint density at radius 1 is 1.25 bits per heavy atom. The van der Waals surface area contributed by atoms with Gasteiger partial charge in [0.05, 0.1) is 16.7 Å². The van der Waals surface area contributed by atoms with E-state index in [1.807, 2.05) is 19.1 Å². The highest BCUT2D eigenvalue weighted by Crippen LogP contribution is 2.08. The fraction of sp³-hybridized carbons (Fsp3) is 0.182. The van der Waals surface area contributed by atoms with Gasteiger partial charge in [-0.3, -0.25) is 4.98 Å². The van der Waals surface area contributed by atoms with Crippen LogP contribution >= 0.6 is 15.9 Å². The molecule has 0 aliphatic rings. The minimum atomic E-state index is 0.605. The summed E-state index contributed by atoms with van der Waals surface area (Å²) in [7, 11) is 0. The molecule has 0 radical (unpaired) electrons. The Morgan fingerprint density at radius 2 is 2.00 bits per heavy atom. The molecule has 2 rings (SSSR count). The minimum absolute atomic E-state index is 0.605. The van der Waals surface area contributed by atoms with Crippen molar-refractivity contribution in [3.8, 4) is 0 Å². The lowest BCUT2D eigenvalue weighted by atomic mass is 10.2. The summed E-state index contributed by atoms with van der Waals surface area (Å²) in [6, 6.07) is 3.96. The lowest BCUT2D eigenvalue weighted by molar-refractivity contribution is 0.981. The second-order valence-electron chi connectivity index (χ2n) is 3.35. The van der Waals surface area contributed by atoms with Gasteiger partial charge in [-0.25, -0.2) is 9.97 Å². The number of anilines is 1. The topological polar surface area (TPSA) is 50.7 Å². The van der Waals surface area contributed by atoms with Gasteiger partial charge in [-0.1, -0.05) is 6.07 Å². The molecule has 0 aliphatic heterocycles. The van der Waals surface area contributed by atoms with Crippen molar-refractivity contribution in [3.63, 3.8) is 0 Å². The number of rotatable bonds is 3. The maximum absolute atomic E-state index is 4.28. The van der Waals surface area contributed by atoms with Crippen LogP contribution < -0.4 is 5.32 Å². The zero-order valence-corrected chi connectivity index (χ0v) is 10.4. The first-order valence-corrected chi connectivity index (χ1v) is 5.67.